The van der Waals surface area contributed by atoms with Crippen LogP contribution < -0.4 is 0 Å². The lowest BCUT2D eigenvalue weighted by Crippen LogP contribution is -2.53. The summed E-state index contributed by atoms with van der Waals surface area (Å²) in [4.78, 5) is 0. The molecule has 3 N–H and O–H groups in total. The molecule has 1 heterocycles. The fourth-order valence-corrected chi connectivity index (χ4v) is 1.68. The van der Waals surface area contributed by atoms with Crippen molar-refractivity contribution in [1.82, 2.24) is 0 Å². The molecule has 1 aromatic rings. The third-order valence-electron chi connectivity index (χ3n) is 2.71. The van der Waals surface area contributed by atoms with Crippen molar-refractivity contribution >= 4 is 0 Å². The van der Waals surface area contributed by atoms with Crippen LogP contribution in [-0.4, -0.2) is 46.5 Å². The van der Waals surface area contributed by atoms with Gasteiger partial charge in [0.05, 0.1) is 13.2 Å². The van der Waals surface area contributed by atoms with Gasteiger partial charge in [-0.15, -0.1) is 0 Å². The highest BCUT2D eigenvalue weighted by Crippen LogP contribution is 2.17. The molecule has 0 unspecified atom stereocenters. The Balaban J connectivity index is 1.87. The van der Waals surface area contributed by atoms with Gasteiger partial charge in [0.15, 0.2) is 6.29 Å². The molecule has 1 fully saturated rings. The zero-order valence-electron chi connectivity index (χ0n) is 9.27. The van der Waals surface area contributed by atoms with E-state index in [4.69, 9.17) is 9.47 Å². The number of hydrogen-bond donors (Lipinski definition) is 3. The van der Waals surface area contributed by atoms with Crippen LogP contribution in [-0.2, 0) is 16.1 Å². The molecule has 1 aliphatic heterocycles. The van der Waals surface area contributed by atoms with E-state index in [0.29, 0.717) is 0 Å². The number of benzene rings is 1. The number of hydrogen-bond acceptors (Lipinski definition) is 5. The first-order valence-electron chi connectivity index (χ1n) is 5.50. The maximum Gasteiger partial charge on any atom is 0.186 e. The minimum atomic E-state index is -1.23. The van der Waals surface area contributed by atoms with Gasteiger partial charge in [0.1, 0.15) is 18.3 Å². The van der Waals surface area contributed by atoms with E-state index >= 15 is 0 Å². The lowest BCUT2D eigenvalue weighted by Gasteiger charge is -2.34. The molecule has 5 nitrogen and oxygen atoms in total. The molecule has 0 saturated carbocycles. The average molecular weight is 240 g/mol. The highest BCUT2D eigenvalue weighted by atomic mass is 16.7. The minimum Gasteiger partial charge on any atom is -0.388 e. The van der Waals surface area contributed by atoms with Gasteiger partial charge in [0.25, 0.3) is 0 Å². The molecule has 0 aliphatic carbocycles. The molecule has 0 spiro atoms. The van der Waals surface area contributed by atoms with E-state index in [1.54, 1.807) is 0 Å². The van der Waals surface area contributed by atoms with E-state index in [0.717, 1.165) is 5.56 Å². The van der Waals surface area contributed by atoms with Crippen LogP contribution in [0.15, 0.2) is 30.3 Å². The molecule has 0 amide bonds. The molecular weight excluding hydrogens is 224 g/mol. The monoisotopic (exact) mass is 240 g/mol. The first kappa shape index (κ1) is 12.5. The van der Waals surface area contributed by atoms with Gasteiger partial charge in [0, 0.05) is 0 Å². The summed E-state index contributed by atoms with van der Waals surface area (Å²) in [6.07, 6.45) is -4.44. The van der Waals surface area contributed by atoms with E-state index in [-0.39, 0.29) is 13.2 Å². The van der Waals surface area contributed by atoms with Crippen molar-refractivity contribution in [2.75, 3.05) is 6.61 Å². The van der Waals surface area contributed by atoms with Crippen LogP contribution in [0.25, 0.3) is 0 Å². The van der Waals surface area contributed by atoms with Gasteiger partial charge in [0.2, 0.25) is 0 Å². The highest BCUT2D eigenvalue weighted by molar-refractivity contribution is 5.13. The summed E-state index contributed by atoms with van der Waals surface area (Å²) in [5, 5.41) is 28.3. The Kier molecular flexibility index (Phi) is 4.09. The van der Waals surface area contributed by atoms with Gasteiger partial charge in [-0.2, -0.15) is 0 Å². The SMILES string of the molecule is O[C@@H]1[C@H](OCc2ccccc2)OC[C@@H](O)[C@@H]1O. The van der Waals surface area contributed by atoms with Crippen LogP contribution in [0.4, 0.5) is 0 Å². The summed E-state index contributed by atoms with van der Waals surface area (Å²) < 4.78 is 10.5. The Labute approximate surface area is 99.2 Å². The third kappa shape index (κ3) is 3.02. The van der Waals surface area contributed by atoms with Crippen LogP contribution >= 0.6 is 0 Å². The van der Waals surface area contributed by atoms with Gasteiger partial charge in [-0.1, -0.05) is 30.3 Å². The summed E-state index contributed by atoms with van der Waals surface area (Å²) in [5.41, 5.74) is 0.948. The number of ether oxygens (including phenoxy) is 2. The molecule has 5 heteroatoms. The van der Waals surface area contributed by atoms with Crippen molar-refractivity contribution in [3.63, 3.8) is 0 Å². The van der Waals surface area contributed by atoms with Gasteiger partial charge >= 0.3 is 0 Å². The molecule has 1 saturated heterocycles. The van der Waals surface area contributed by atoms with Gasteiger partial charge < -0.3 is 24.8 Å². The normalized spacial score (nSPS) is 33.6. The Hall–Kier alpha value is -0.980. The second-order valence-electron chi connectivity index (χ2n) is 4.05. The highest BCUT2D eigenvalue weighted by Gasteiger charge is 2.38. The molecule has 2 rings (SSSR count). The molecule has 17 heavy (non-hydrogen) atoms. The molecule has 4 atom stereocenters. The van der Waals surface area contributed by atoms with Crippen LogP contribution in [0.3, 0.4) is 0 Å². The molecule has 1 aromatic carbocycles. The standard InChI is InChI=1S/C12H16O5/c13-9-7-17-12(11(15)10(9)14)16-6-8-4-2-1-3-5-8/h1-5,9-15H,6-7H2/t9-,10+,11+,12-/m1/s1. The molecule has 0 radical (unpaired) electrons. The lowest BCUT2D eigenvalue weighted by atomic mass is 10.1. The molecule has 1 aliphatic rings. The largest absolute Gasteiger partial charge is 0.388 e. The van der Waals surface area contributed by atoms with Crippen molar-refractivity contribution in [3.8, 4) is 0 Å². The smallest absolute Gasteiger partial charge is 0.186 e. The first-order chi connectivity index (χ1) is 8.18. The van der Waals surface area contributed by atoms with E-state index in [2.05, 4.69) is 0 Å². The van der Waals surface area contributed by atoms with Crippen molar-refractivity contribution in [3.05, 3.63) is 35.9 Å². The molecule has 0 aromatic heterocycles. The molecule has 0 bridgehead atoms. The van der Waals surface area contributed by atoms with Crippen molar-refractivity contribution in [2.24, 2.45) is 0 Å². The minimum absolute atomic E-state index is 0.0440. The fraction of sp³-hybridized carbons (Fsp3) is 0.500. The Morgan fingerprint density at radius 1 is 1.12 bits per heavy atom. The first-order valence-corrected chi connectivity index (χ1v) is 5.50. The van der Waals surface area contributed by atoms with E-state index in [9.17, 15) is 15.3 Å². The Bertz CT molecular complexity index is 342. The third-order valence-corrected chi connectivity index (χ3v) is 2.71. The zero-order chi connectivity index (χ0) is 12.3. The topological polar surface area (TPSA) is 79.2 Å². The van der Waals surface area contributed by atoms with Crippen molar-refractivity contribution < 1.29 is 24.8 Å². The van der Waals surface area contributed by atoms with Crippen molar-refractivity contribution in [2.45, 2.75) is 31.2 Å². The number of aliphatic hydroxyl groups is 3. The van der Waals surface area contributed by atoms with Crippen LogP contribution in [0.2, 0.25) is 0 Å². The average Bonchev–Trinajstić information content (AvgIpc) is 2.36. The summed E-state index contributed by atoms with van der Waals surface area (Å²) in [6.45, 7) is 0.239. The second-order valence-corrected chi connectivity index (χ2v) is 4.05. The summed E-state index contributed by atoms with van der Waals surface area (Å²) in [6, 6.07) is 9.45. The maximum atomic E-state index is 9.63. The van der Waals surface area contributed by atoms with Crippen molar-refractivity contribution in [1.29, 1.82) is 0 Å². The lowest BCUT2D eigenvalue weighted by molar-refractivity contribution is -0.273. The summed E-state index contributed by atoms with van der Waals surface area (Å²) in [7, 11) is 0. The van der Waals surface area contributed by atoms with Gasteiger partial charge in [-0.3, -0.25) is 0 Å². The predicted octanol–water partition coefficient (Wildman–Crippen LogP) is -0.358. The van der Waals surface area contributed by atoms with Gasteiger partial charge in [-0.05, 0) is 5.56 Å². The fourth-order valence-electron chi connectivity index (χ4n) is 1.68. The second kappa shape index (κ2) is 5.57. The van der Waals surface area contributed by atoms with E-state index in [1.807, 2.05) is 30.3 Å². The summed E-state index contributed by atoms with van der Waals surface area (Å²) >= 11 is 0. The van der Waals surface area contributed by atoms with Crippen LogP contribution in [0, 0.1) is 0 Å². The van der Waals surface area contributed by atoms with E-state index in [1.165, 1.54) is 0 Å². The molecule has 94 valence electrons. The quantitative estimate of drug-likeness (QED) is 0.672. The Morgan fingerprint density at radius 3 is 2.53 bits per heavy atom. The van der Waals surface area contributed by atoms with E-state index < -0.39 is 24.6 Å². The zero-order valence-corrected chi connectivity index (χ0v) is 9.27. The van der Waals surface area contributed by atoms with Gasteiger partial charge in [-0.25, -0.2) is 0 Å². The predicted molar refractivity (Wildman–Crippen MR) is 59.0 cm³/mol. The number of aliphatic hydroxyl groups excluding tert-OH is 3. The number of rotatable bonds is 3. The molecular formula is C12H16O5. The summed E-state index contributed by atoms with van der Waals surface area (Å²) in [5.74, 6) is 0. The van der Waals surface area contributed by atoms with Crippen LogP contribution in [0.1, 0.15) is 5.56 Å². The van der Waals surface area contributed by atoms with Crippen LogP contribution in [0.5, 0.6) is 0 Å². The Morgan fingerprint density at radius 2 is 1.82 bits per heavy atom. The maximum absolute atomic E-state index is 9.63.